The molecule has 2 saturated heterocycles. The lowest BCUT2D eigenvalue weighted by atomic mass is 10.0. The predicted molar refractivity (Wildman–Crippen MR) is 118 cm³/mol. The molecule has 0 radical (unpaired) electrons. The van der Waals surface area contributed by atoms with Crippen LogP contribution in [0, 0.1) is 5.82 Å². The van der Waals surface area contributed by atoms with Crippen LogP contribution in [-0.2, 0) is 6.54 Å². The molecule has 0 bridgehead atoms. The number of para-hydroxylation sites is 2. The number of piperidine rings is 1. The average Bonchev–Trinajstić information content (AvgIpc) is 2.80. The van der Waals surface area contributed by atoms with E-state index in [-0.39, 0.29) is 5.82 Å². The molecule has 1 atom stereocenters. The highest BCUT2D eigenvalue weighted by atomic mass is 19.1. The van der Waals surface area contributed by atoms with Crippen molar-refractivity contribution in [3.8, 4) is 11.5 Å². The van der Waals surface area contributed by atoms with E-state index in [4.69, 9.17) is 9.47 Å². The van der Waals surface area contributed by atoms with E-state index in [1.807, 2.05) is 24.3 Å². The second-order valence-electron chi connectivity index (χ2n) is 8.19. The third-order valence-electron chi connectivity index (χ3n) is 6.36. The van der Waals surface area contributed by atoms with Gasteiger partial charge in [0.05, 0.1) is 19.9 Å². The van der Waals surface area contributed by atoms with Crippen LogP contribution in [0.25, 0.3) is 0 Å². The van der Waals surface area contributed by atoms with Crippen LogP contribution in [0.2, 0.25) is 0 Å². The first-order valence-corrected chi connectivity index (χ1v) is 10.8. The van der Waals surface area contributed by atoms with Crippen LogP contribution < -0.4 is 14.4 Å². The van der Waals surface area contributed by atoms with E-state index in [0.29, 0.717) is 11.8 Å². The lowest BCUT2D eigenvalue weighted by Crippen LogP contribution is -2.55. The van der Waals surface area contributed by atoms with Gasteiger partial charge in [-0.25, -0.2) is 4.39 Å². The Morgan fingerprint density at radius 1 is 0.933 bits per heavy atom. The molecule has 6 heteroatoms. The normalized spacial score (nSPS) is 20.9. The number of hydrogen-bond acceptors (Lipinski definition) is 5. The summed E-state index contributed by atoms with van der Waals surface area (Å²) in [6.07, 6.45) is 2.45. The molecule has 0 saturated carbocycles. The molecule has 2 aromatic carbocycles. The molecule has 4 rings (SSSR count). The Hall–Kier alpha value is -2.31. The van der Waals surface area contributed by atoms with E-state index >= 15 is 0 Å². The average molecular weight is 414 g/mol. The maximum atomic E-state index is 13.7. The number of rotatable bonds is 6. The Balaban J connectivity index is 1.33. The van der Waals surface area contributed by atoms with Crippen molar-refractivity contribution < 1.29 is 13.9 Å². The van der Waals surface area contributed by atoms with Crippen LogP contribution in [0.5, 0.6) is 11.5 Å². The van der Waals surface area contributed by atoms with E-state index in [1.165, 1.54) is 31.7 Å². The zero-order valence-electron chi connectivity index (χ0n) is 18.0. The summed E-state index contributed by atoms with van der Waals surface area (Å²) in [6.45, 7) is 7.18. The first kappa shape index (κ1) is 20.9. The summed E-state index contributed by atoms with van der Waals surface area (Å²) >= 11 is 0. The molecule has 5 nitrogen and oxygen atoms in total. The van der Waals surface area contributed by atoms with Crippen molar-refractivity contribution in [3.63, 3.8) is 0 Å². The quantitative estimate of drug-likeness (QED) is 0.721. The minimum Gasteiger partial charge on any atom is -0.495 e. The number of nitrogens with zero attached hydrogens (tertiary/aromatic N) is 3. The number of benzene rings is 2. The van der Waals surface area contributed by atoms with Gasteiger partial charge >= 0.3 is 0 Å². The van der Waals surface area contributed by atoms with Crippen molar-refractivity contribution in [2.24, 2.45) is 0 Å². The molecule has 162 valence electrons. The number of methoxy groups -OCH3 is 2. The number of halogens is 1. The third kappa shape index (κ3) is 4.71. The van der Waals surface area contributed by atoms with E-state index in [0.717, 1.165) is 57.1 Å². The summed E-state index contributed by atoms with van der Waals surface area (Å²) in [5.74, 6) is 0.976. The number of ether oxygens (including phenoxy) is 2. The highest BCUT2D eigenvalue weighted by Crippen LogP contribution is 2.29. The molecule has 0 spiro atoms. The van der Waals surface area contributed by atoms with Crippen molar-refractivity contribution in [1.29, 1.82) is 0 Å². The van der Waals surface area contributed by atoms with E-state index in [2.05, 4.69) is 26.8 Å². The molecule has 0 aromatic heterocycles. The van der Waals surface area contributed by atoms with Gasteiger partial charge in [-0.05, 0) is 49.2 Å². The number of hydrogen-bond donors (Lipinski definition) is 0. The third-order valence-corrected chi connectivity index (χ3v) is 6.36. The van der Waals surface area contributed by atoms with Gasteiger partial charge in [0.2, 0.25) is 0 Å². The Labute approximate surface area is 179 Å². The smallest absolute Gasteiger partial charge is 0.165 e. The van der Waals surface area contributed by atoms with Gasteiger partial charge in [-0.15, -0.1) is 0 Å². The van der Waals surface area contributed by atoms with Crippen molar-refractivity contribution in [1.82, 2.24) is 9.80 Å². The summed E-state index contributed by atoms with van der Waals surface area (Å²) in [5.41, 5.74) is 2.30. The minimum atomic E-state index is -0.300. The van der Waals surface area contributed by atoms with Gasteiger partial charge in [0.1, 0.15) is 5.75 Å². The topological polar surface area (TPSA) is 28.2 Å². The second-order valence-corrected chi connectivity index (χ2v) is 8.19. The van der Waals surface area contributed by atoms with Crippen LogP contribution in [0.15, 0.2) is 42.5 Å². The van der Waals surface area contributed by atoms with Crippen molar-refractivity contribution in [3.05, 3.63) is 53.8 Å². The molecule has 0 N–H and O–H groups in total. The summed E-state index contributed by atoms with van der Waals surface area (Å²) in [4.78, 5) is 7.57. The molecule has 2 heterocycles. The predicted octanol–water partition coefficient (Wildman–Crippen LogP) is 3.63. The standard InChI is InChI=1S/C24H32FN3O2/c1-29-23-8-4-3-7-22(23)28-14-12-27(13-15-28)20-6-5-11-26(18-20)17-19-9-10-21(25)24(16-19)30-2/h3-4,7-10,16,20H,5-6,11-15,17-18H2,1-2H3/t20-/m0/s1. The van der Waals surface area contributed by atoms with Crippen molar-refractivity contribution >= 4 is 5.69 Å². The van der Waals surface area contributed by atoms with Crippen molar-refractivity contribution in [2.75, 3.05) is 58.4 Å². The SMILES string of the molecule is COc1cc(CN2CCC[C@H](N3CCN(c4ccccc4OC)CC3)C2)ccc1F. The molecule has 30 heavy (non-hydrogen) atoms. The molecule has 2 aliphatic rings. The first-order valence-electron chi connectivity index (χ1n) is 10.8. The summed E-state index contributed by atoms with van der Waals surface area (Å²) < 4.78 is 24.4. The lowest BCUT2D eigenvalue weighted by Gasteiger charge is -2.44. The monoisotopic (exact) mass is 413 g/mol. The molecular weight excluding hydrogens is 381 g/mol. The molecule has 0 unspecified atom stereocenters. The highest BCUT2D eigenvalue weighted by molar-refractivity contribution is 5.58. The van der Waals surface area contributed by atoms with Gasteiger partial charge in [-0.1, -0.05) is 18.2 Å². The van der Waals surface area contributed by atoms with Gasteiger partial charge in [0.15, 0.2) is 11.6 Å². The molecular formula is C24H32FN3O2. The van der Waals surface area contributed by atoms with Gasteiger partial charge in [-0.2, -0.15) is 0 Å². The number of piperazine rings is 1. The Morgan fingerprint density at radius 3 is 2.47 bits per heavy atom. The van der Waals surface area contributed by atoms with Crippen LogP contribution in [0.3, 0.4) is 0 Å². The first-order chi connectivity index (χ1) is 14.7. The van der Waals surface area contributed by atoms with E-state index in [1.54, 1.807) is 7.11 Å². The van der Waals surface area contributed by atoms with Crippen LogP contribution in [-0.4, -0.2) is 69.3 Å². The van der Waals surface area contributed by atoms with Crippen LogP contribution in [0.1, 0.15) is 18.4 Å². The maximum Gasteiger partial charge on any atom is 0.165 e. The fourth-order valence-electron chi connectivity index (χ4n) is 4.75. The Morgan fingerprint density at radius 2 is 1.70 bits per heavy atom. The van der Waals surface area contributed by atoms with Crippen molar-refractivity contribution in [2.45, 2.75) is 25.4 Å². The zero-order chi connectivity index (χ0) is 20.9. The van der Waals surface area contributed by atoms with Crippen LogP contribution >= 0.6 is 0 Å². The van der Waals surface area contributed by atoms with Crippen LogP contribution in [0.4, 0.5) is 10.1 Å². The number of anilines is 1. The Kier molecular flexibility index (Phi) is 6.75. The van der Waals surface area contributed by atoms with E-state index < -0.39 is 0 Å². The highest BCUT2D eigenvalue weighted by Gasteiger charge is 2.28. The van der Waals surface area contributed by atoms with Gasteiger partial charge < -0.3 is 14.4 Å². The second kappa shape index (κ2) is 9.67. The maximum absolute atomic E-state index is 13.7. The largest absolute Gasteiger partial charge is 0.495 e. The van der Waals surface area contributed by atoms with Gasteiger partial charge in [-0.3, -0.25) is 9.80 Å². The molecule has 0 amide bonds. The van der Waals surface area contributed by atoms with Gasteiger partial charge in [0.25, 0.3) is 0 Å². The fourth-order valence-corrected chi connectivity index (χ4v) is 4.75. The summed E-state index contributed by atoms with van der Waals surface area (Å²) in [6, 6.07) is 14.1. The Bertz CT molecular complexity index is 839. The van der Waals surface area contributed by atoms with Gasteiger partial charge in [0, 0.05) is 45.3 Å². The molecule has 2 aromatic rings. The fraction of sp³-hybridized carbons (Fsp3) is 0.500. The summed E-state index contributed by atoms with van der Waals surface area (Å²) in [5, 5.41) is 0. The molecule has 0 aliphatic carbocycles. The zero-order valence-corrected chi connectivity index (χ0v) is 18.0. The molecule has 2 fully saturated rings. The van der Waals surface area contributed by atoms with E-state index in [9.17, 15) is 4.39 Å². The summed E-state index contributed by atoms with van der Waals surface area (Å²) in [7, 11) is 3.26. The molecule has 2 aliphatic heterocycles. The lowest BCUT2D eigenvalue weighted by molar-refractivity contribution is 0.0886. The number of likely N-dealkylation sites (tertiary alicyclic amines) is 1. The minimum absolute atomic E-state index is 0.300.